The number of anilines is 2. The second-order valence-electron chi connectivity index (χ2n) is 9.34. The molecule has 3 amide bonds. The van der Waals surface area contributed by atoms with Gasteiger partial charge in [0.2, 0.25) is 17.7 Å². The van der Waals surface area contributed by atoms with Crippen molar-refractivity contribution in [3.63, 3.8) is 0 Å². The fourth-order valence-corrected chi connectivity index (χ4v) is 8.18. The van der Waals surface area contributed by atoms with E-state index in [1.165, 1.54) is 21.2 Å². The van der Waals surface area contributed by atoms with Crippen LogP contribution in [0.2, 0.25) is 0 Å². The number of benzene rings is 3. The molecule has 3 unspecified atom stereocenters. The van der Waals surface area contributed by atoms with Crippen molar-refractivity contribution in [3.8, 4) is 5.75 Å². The first-order valence-corrected chi connectivity index (χ1v) is 14.9. The number of thiazole rings is 1. The molecule has 0 spiro atoms. The number of hydrogen-bond donors (Lipinski definition) is 1. The first-order valence-electron chi connectivity index (χ1n) is 12.4. The molecule has 8 nitrogen and oxygen atoms in total. The summed E-state index contributed by atoms with van der Waals surface area (Å²) in [4.78, 5) is 55.5. The summed E-state index contributed by atoms with van der Waals surface area (Å²) >= 11 is 5.62. The largest absolute Gasteiger partial charge is 0.497 e. The number of ether oxygens (including phenoxy) is 1. The fraction of sp³-hybridized carbons (Fsp3) is 0.172. The van der Waals surface area contributed by atoms with Crippen LogP contribution >= 0.6 is 39.0 Å². The molecule has 1 fully saturated rings. The van der Waals surface area contributed by atoms with Gasteiger partial charge in [-0.3, -0.25) is 23.7 Å². The minimum absolute atomic E-state index is 0.221. The number of hydrogen-bond acceptors (Lipinski definition) is 7. The zero-order valence-corrected chi connectivity index (χ0v) is 24.3. The van der Waals surface area contributed by atoms with Crippen molar-refractivity contribution in [1.29, 1.82) is 0 Å². The standard InChI is InChI=1S/C29H22BrN3O5S2/c1-38-20-13-9-18(10-14-20)31-21(34)15-32-28-25(40-29(32)37)22(16-5-3-2-4-6-16)23-24(39-28)27(36)33(26(23)35)19-11-7-17(30)8-12-19/h2-14,22-24H,15H2,1H3,(H,31,34). The van der Waals surface area contributed by atoms with E-state index in [1.54, 1.807) is 55.6 Å². The third-order valence-electron chi connectivity index (χ3n) is 6.97. The van der Waals surface area contributed by atoms with E-state index in [4.69, 9.17) is 4.74 Å². The highest BCUT2D eigenvalue weighted by molar-refractivity contribution is 9.10. The maximum atomic E-state index is 13.9. The third-order valence-corrected chi connectivity index (χ3v) is 10.1. The topological polar surface area (TPSA) is 97.7 Å². The molecule has 2 aliphatic heterocycles. The normalized spacial score (nSPS) is 19.8. The maximum absolute atomic E-state index is 13.9. The number of imide groups is 1. The van der Waals surface area contributed by atoms with Crippen LogP contribution in [-0.4, -0.2) is 34.6 Å². The zero-order chi connectivity index (χ0) is 28.0. The molecule has 11 heteroatoms. The Balaban J connectivity index is 1.37. The summed E-state index contributed by atoms with van der Waals surface area (Å²) in [6, 6.07) is 23.4. The number of halogens is 1. The van der Waals surface area contributed by atoms with E-state index in [-0.39, 0.29) is 29.1 Å². The van der Waals surface area contributed by atoms with Gasteiger partial charge in [0.25, 0.3) is 0 Å². The Morgan fingerprint density at radius 1 is 0.950 bits per heavy atom. The van der Waals surface area contributed by atoms with E-state index in [1.807, 2.05) is 30.3 Å². The molecular weight excluding hydrogens is 614 g/mol. The smallest absolute Gasteiger partial charge is 0.308 e. The quantitative estimate of drug-likeness (QED) is 0.296. The molecule has 0 bridgehead atoms. The summed E-state index contributed by atoms with van der Waals surface area (Å²) in [6.45, 7) is -0.221. The van der Waals surface area contributed by atoms with E-state index in [9.17, 15) is 19.2 Å². The van der Waals surface area contributed by atoms with E-state index in [0.717, 1.165) is 21.4 Å². The van der Waals surface area contributed by atoms with E-state index in [0.29, 0.717) is 27.0 Å². The predicted octanol–water partition coefficient (Wildman–Crippen LogP) is 5.12. The number of aromatic nitrogens is 1. The van der Waals surface area contributed by atoms with Crippen molar-refractivity contribution in [2.75, 3.05) is 17.3 Å². The van der Waals surface area contributed by atoms with Crippen LogP contribution in [0.4, 0.5) is 11.4 Å². The molecule has 6 rings (SSSR count). The lowest BCUT2D eigenvalue weighted by atomic mass is 9.83. The van der Waals surface area contributed by atoms with Crippen molar-refractivity contribution >= 4 is 68.1 Å². The Labute approximate surface area is 246 Å². The maximum Gasteiger partial charge on any atom is 0.308 e. The Morgan fingerprint density at radius 3 is 2.33 bits per heavy atom. The molecule has 3 aromatic carbocycles. The number of methoxy groups -OCH3 is 1. The van der Waals surface area contributed by atoms with Crippen LogP contribution in [0.15, 0.2) is 93.2 Å². The Kier molecular flexibility index (Phi) is 7.11. The second-order valence-corrected chi connectivity index (χ2v) is 12.4. The van der Waals surface area contributed by atoms with Crippen LogP contribution in [0.5, 0.6) is 5.75 Å². The van der Waals surface area contributed by atoms with E-state index >= 15 is 0 Å². The highest BCUT2D eigenvalue weighted by Gasteiger charge is 2.56. The van der Waals surface area contributed by atoms with Gasteiger partial charge in [-0.1, -0.05) is 69.4 Å². The third kappa shape index (κ3) is 4.67. The first-order chi connectivity index (χ1) is 19.4. The lowest BCUT2D eigenvalue weighted by molar-refractivity contribution is -0.122. The zero-order valence-electron chi connectivity index (χ0n) is 21.1. The minimum Gasteiger partial charge on any atom is -0.497 e. The molecule has 2 aliphatic rings. The van der Waals surface area contributed by atoms with Gasteiger partial charge in [-0.2, -0.15) is 0 Å². The molecule has 0 saturated carbocycles. The molecular formula is C29H22BrN3O5S2. The van der Waals surface area contributed by atoms with Gasteiger partial charge < -0.3 is 10.1 Å². The molecule has 1 saturated heterocycles. The highest BCUT2D eigenvalue weighted by Crippen LogP contribution is 2.53. The van der Waals surface area contributed by atoms with Gasteiger partial charge in [-0.15, -0.1) is 0 Å². The van der Waals surface area contributed by atoms with Crippen molar-refractivity contribution in [1.82, 2.24) is 4.57 Å². The molecule has 3 atom stereocenters. The first kappa shape index (κ1) is 26.5. The summed E-state index contributed by atoms with van der Waals surface area (Å²) in [5.41, 5.74) is 1.91. The fourth-order valence-electron chi connectivity index (χ4n) is 5.14. The van der Waals surface area contributed by atoms with Crippen molar-refractivity contribution in [3.05, 3.63) is 103 Å². The molecule has 40 heavy (non-hydrogen) atoms. The molecule has 202 valence electrons. The van der Waals surface area contributed by atoms with Gasteiger partial charge in [-0.05, 0) is 54.1 Å². The van der Waals surface area contributed by atoms with Crippen LogP contribution in [0, 0.1) is 5.92 Å². The predicted molar refractivity (Wildman–Crippen MR) is 158 cm³/mol. The lowest BCUT2D eigenvalue weighted by Crippen LogP contribution is -2.33. The van der Waals surface area contributed by atoms with E-state index < -0.39 is 17.1 Å². The Bertz CT molecular complexity index is 1670. The Hall–Kier alpha value is -3.67. The molecule has 1 aromatic heterocycles. The molecule has 4 aromatic rings. The summed E-state index contributed by atoms with van der Waals surface area (Å²) in [6.07, 6.45) is 0. The number of nitrogens with zero attached hydrogens (tertiary/aromatic N) is 2. The average Bonchev–Trinajstić information content (AvgIpc) is 3.40. The van der Waals surface area contributed by atoms with Crippen LogP contribution in [0.3, 0.4) is 0 Å². The lowest BCUT2D eigenvalue weighted by Gasteiger charge is -2.30. The summed E-state index contributed by atoms with van der Waals surface area (Å²) in [5.74, 6) is -1.53. The van der Waals surface area contributed by atoms with E-state index in [2.05, 4.69) is 21.2 Å². The van der Waals surface area contributed by atoms with Gasteiger partial charge in [-0.25, -0.2) is 4.90 Å². The van der Waals surface area contributed by atoms with Gasteiger partial charge >= 0.3 is 4.87 Å². The minimum atomic E-state index is -0.737. The van der Waals surface area contributed by atoms with Crippen LogP contribution in [0.1, 0.15) is 16.4 Å². The Morgan fingerprint density at radius 2 is 1.65 bits per heavy atom. The number of amides is 3. The molecule has 0 aliphatic carbocycles. The van der Waals surface area contributed by atoms with Crippen molar-refractivity contribution in [2.45, 2.75) is 22.7 Å². The van der Waals surface area contributed by atoms with Gasteiger partial charge in [0, 0.05) is 21.0 Å². The number of fused-ring (bicyclic) bond motifs is 2. The number of carbonyl (C=O) groups excluding carboxylic acids is 3. The number of rotatable bonds is 6. The van der Waals surface area contributed by atoms with Gasteiger partial charge in [0.1, 0.15) is 17.5 Å². The monoisotopic (exact) mass is 635 g/mol. The summed E-state index contributed by atoms with van der Waals surface area (Å²) < 4.78 is 7.41. The SMILES string of the molecule is COc1ccc(NC(=O)Cn2c3c(sc2=O)C(c2ccccc2)C2C(=O)N(c4ccc(Br)cc4)C(=O)C2S3)cc1. The molecule has 0 radical (unpaired) electrons. The summed E-state index contributed by atoms with van der Waals surface area (Å²) in [7, 11) is 1.56. The second kappa shape index (κ2) is 10.7. The number of thioether (sulfide) groups is 1. The average molecular weight is 637 g/mol. The van der Waals surface area contributed by atoms with Gasteiger partial charge in [0.15, 0.2) is 0 Å². The van der Waals surface area contributed by atoms with Gasteiger partial charge in [0.05, 0.1) is 23.7 Å². The van der Waals surface area contributed by atoms with Crippen LogP contribution < -0.4 is 19.8 Å². The summed E-state index contributed by atoms with van der Waals surface area (Å²) in [5, 5.41) is 2.62. The van der Waals surface area contributed by atoms with Crippen molar-refractivity contribution < 1.29 is 19.1 Å². The van der Waals surface area contributed by atoms with Crippen LogP contribution in [0.25, 0.3) is 0 Å². The van der Waals surface area contributed by atoms with Crippen molar-refractivity contribution in [2.24, 2.45) is 5.92 Å². The number of nitrogens with one attached hydrogen (secondary N) is 1. The molecule has 3 heterocycles. The highest BCUT2D eigenvalue weighted by atomic mass is 79.9. The van der Waals surface area contributed by atoms with Crippen LogP contribution in [-0.2, 0) is 20.9 Å². The molecule has 1 N–H and O–H groups in total. The number of carbonyl (C=O) groups is 3.